The minimum atomic E-state index is 0.236. The van der Waals surface area contributed by atoms with Crippen molar-refractivity contribution in [1.82, 2.24) is 4.90 Å². The number of hydrogen-bond donors (Lipinski definition) is 0. The van der Waals surface area contributed by atoms with Crippen molar-refractivity contribution < 1.29 is 4.79 Å². The molecule has 0 radical (unpaired) electrons. The third-order valence-electron chi connectivity index (χ3n) is 2.64. The van der Waals surface area contributed by atoms with Gasteiger partial charge < -0.3 is 4.90 Å². The van der Waals surface area contributed by atoms with Gasteiger partial charge in [0.05, 0.1) is 0 Å². The maximum atomic E-state index is 10.9. The summed E-state index contributed by atoms with van der Waals surface area (Å²) in [5, 5.41) is 0. The fourth-order valence-electron chi connectivity index (χ4n) is 1.66. The summed E-state index contributed by atoms with van der Waals surface area (Å²) in [6.45, 7) is 9.85. The average molecular weight is 185 g/mol. The van der Waals surface area contributed by atoms with Crippen molar-refractivity contribution in [2.75, 3.05) is 13.1 Å². The highest BCUT2D eigenvalue weighted by atomic mass is 16.2. The molecular weight excluding hydrogens is 162 g/mol. The van der Waals surface area contributed by atoms with Crippen LogP contribution in [0.25, 0.3) is 0 Å². The normalized spacial score (nSPS) is 17.7. The summed E-state index contributed by atoms with van der Waals surface area (Å²) in [4.78, 5) is 12.9. The van der Waals surface area contributed by atoms with Crippen LogP contribution in [0.15, 0.2) is 0 Å². The Labute approximate surface area is 82.3 Å². The van der Waals surface area contributed by atoms with E-state index in [1.54, 1.807) is 6.92 Å². The Balaban J connectivity index is 0.000000671. The summed E-state index contributed by atoms with van der Waals surface area (Å²) in [5.41, 5.74) is 0. The van der Waals surface area contributed by atoms with Gasteiger partial charge in [-0.3, -0.25) is 4.79 Å². The lowest BCUT2D eigenvalue weighted by molar-refractivity contribution is -0.130. The Kier molecular flexibility index (Phi) is 6.65. The SMILES string of the molecule is CC.CCC1CCN(C(C)=O)CC1. The fourth-order valence-corrected chi connectivity index (χ4v) is 1.66. The van der Waals surface area contributed by atoms with Crippen LogP contribution in [0.1, 0.15) is 47.0 Å². The smallest absolute Gasteiger partial charge is 0.219 e. The van der Waals surface area contributed by atoms with Gasteiger partial charge in [0.15, 0.2) is 0 Å². The fraction of sp³-hybridized carbons (Fsp3) is 0.909. The third-order valence-corrected chi connectivity index (χ3v) is 2.64. The van der Waals surface area contributed by atoms with Gasteiger partial charge in [-0.1, -0.05) is 27.2 Å². The zero-order valence-electron chi connectivity index (χ0n) is 9.47. The lowest BCUT2D eigenvalue weighted by atomic mass is 9.94. The molecule has 1 saturated heterocycles. The van der Waals surface area contributed by atoms with Crippen LogP contribution in [0.5, 0.6) is 0 Å². The van der Waals surface area contributed by atoms with Crippen LogP contribution in [0.4, 0.5) is 0 Å². The number of piperidine rings is 1. The molecule has 0 aliphatic carbocycles. The van der Waals surface area contributed by atoms with E-state index in [9.17, 15) is 4.79 Å². The number of hydrogen-bond acceptors (Lipinski definition) is 1. The zero-order valence-corrected chi connectivity index (χ0v) is 9.47. The van der Waals surface area contributed by atoms with Crippen molar-refractivity contribution in [3.8, 4) is 0 Å². The van der Waals surface area contributed by atoms with Crippen molar-refractivity contribution in [2.24, 2.45) is 5.92 Å². The standard InChI is InChI=1S/C9H17NO.C2H6/c1-3-9-4-6-10(7-5-9)8(2)11;1-2/h9H,3-7H2,1-2H3;1-2H3. The van der Waals surface area contributed by atoms with Gasteiger partial charge in [-0.05, 0) is 18.8 Å². The second-order valence-electron chi connectivity index (χ2n) is 3.36. The first kappa shape index (κ1) is 12.5. The molecule has 2 nitrogen and oxygen atoms in total. The molecule has 1 aliphatic rings. The van der Waals surface area contributed by atoms with Gasteiger partial charge in [0.1, 0.15) is 0 Å². The third kappa shape index (κ3) is 4.30. The predicted molar refractivity (Wildman–Crippen MR) is 56.6 cm³/mol. The molecule has 0 spiro atoms. The second-order valence-corrected chi connectivity index (χ2v) is 3.36. The summed E-state index contributed by atoms with van der Waals surface area (Å²) < 4.78 is 0. The molecule has 1 heterocycles. The molecule has 1 rings (SSSR count). The van der Waals surface area contributed by atoms with Gasteiger partial charge in [0.25, 0.3) is 0 Å². The van der Waals surface area contributed by atoms with Crippen LogP contribution in [0.3, 0.4) is 0 Å². The molecule has 78 valence electrons. The van der Waals surface area contributed by atoms with Crippen LogP contribution in [0, 0.1) is 5.92 Å². The number of rotatable bonds is 1. The Bertz CT molecular complexity index is 137. The number of carbonyl (C=O) groups is 1. The van der Waals surface area contributed by atoms with E-state index in [1.165, 1.54) is 19.3 Å². The molecule has 0 saturated carbocycles. The summed E-state index contributed by atoms with van der Waals surface area (Å²) in [5.74, 6) is 1.10. The topological polar surface area (TPSA) is 20.3 Å². The lowest BCUT2D eigenvalue weighted by Gasteiger charge is -2.30. The summed E-state index contributed by atoms with van der Waals surface area (Å²) in [7, 11) is 0. The van der Waals surface area contributed by atoms with Gasteiger partial charge in [0, 0.05) is 20.0 Å². The van der Waals surface area contributed by atoms with E-state index in [2.05, 4.69) is 6.92 Å². The van der Waals surface area contributed by atoms with Crippen LogP contribution in [-0.4, -0.2) is 23.9 Å². The summed E-state index contributed by atoms with van der Waals surface area (Å²) >= 11 is 0. The van der Waals surface area contributed by atoms with Gasteiger partial charge in [-0.2, -0.15) is 0 Å². The van der Waals surface area contributed by atoms with E-state index in [0.717, 1.165) is 19.0 Å². The molecule has 0 bridgehead atoms. The van der Waals surface area contributed by atoms with E-state index in [-0.39, 0.29) is 5.91 Å². The van der Waals surface area contributed by atoms with Crippen LogP contribution in [0.2, 0.25) is 0 Å². The van der Waals surface area contributed by atoms with Crippen molar-refractivity contribution in [1.29, 1.82) is 0 Å². The molecular formula is C11H23NO. The van der Waals surface area contributed by atoms with Crippen LogP contribution in [-0.2, 0) is 4.79 Å². The maximum absolute atomic E-state index is 10.9. The first-order valence-corrected chi connectivity index (χ1v) is 5.49. The molecule has 2 heteroatoms. The van der Waals surface area contributed by atoms with Crippen LogP contribution >= 0.6 is 0 Å². The van der Waals surface area contributed by atoms with Crippen molar-refractivity contribution in [3.63, 3.8) is 0 Å². The number of carbonyl (C=O) groups excluding carboxylic acids is 1. The molecule has 1 aliphatic heterocycles. The highest BCUT2D eigenvalue weighted by Gasteiger charge is 2.18. The van der Waals surface area contributed by atoms with Crippen molar-refractivity contribution in [2.45, 2.75) is 47.0 Å². The summed E-state index contributed by atoms with van der Waals surface area (Å²) in [6, 6.07) is 0. The number of amides is 1. The monoisotopic (exact) mass is 185 g/mol. The van der Waals surface area contributed by atoms with Crippen LogP contribution < -0.4 is 0 Å². The molecule has 0 aromatic rings. The van der Waals surface area contributed by atoms with Gasteiger partial charge in [-0.15, -0.1) is 0 Å². The maximum Gasteiger partial charge on any atom is 0.219 e. The van der Waals surface area contributed by atoms with Gasteiger partial charge >= 0.3 is 0 Å². The van der Waals surface area contributed by atoms with Gasteiger partial charge in [-0.25, -0.2) is 0 Å². The zero-order chi connectivity index (χ0) is 10.3. The quantitative estimate of drug-likeness (QED) is 0.615. The van der Waals surface area contributed by atoms with E-state index in [4.69, 9.17) is 0 Å². The molecule has 1 amide bonds. The Morgan fingerprint density at radius 2 is 1.77 bits per heavy atom. The molecule has 1 fully saturated rings. The van der Waals surface area contributed by atoms with Gasteiger partial charge in [0.2, 0.25) is 5.91 Å². The highest BCUT2D eigenvalue weighted by molar-refractivity contribution is 5.73. The van der Waals surface area contributed by atoms with E-state index >= 15 is 0 Å². The minimum absolute atomic E-state index is 0.236. The van der Waals surface area contributed by atoms with Crippen molar-refractivity contribution in [3.05, 3.63) is 0 Å². The Hall–Kier alpha value is -0.530. The molecule has 0 aromatic carbocycles. The second kappa shape index (κ2) is 6.93. The summed E-state index contributed by atoms with van der Waals surface area (Å²) in [6.07, 6.45) is 3.68. The Morgan fingerprint density at radius 1 is 1.31 bits per heavy atom. The molecule has 0 aromatic heterocycles. The Morgan fingerprint density at radius 3 is 2.08 bits per heavy atom. The first-order valence-electron chi connectivity index (χ1n) is 5.49. The molecule has 13 heavy (non-hydrogen) atoms. The molecule has 0 atom stereocenters. The first-order chi connectivity index (χ1) is 6.24. The molecule has 0 N–H and O–H groups in total. The minimum Gasteiger partial charge on any atom is -0.343 e. The predicted octanol–water partition coefficient (Wildman–Crippen LogP) is 2.68. The van der Waals surface area contributed by atoms with E-state index < -0.39 is 0 Å². The van der Waals surface area contributed by atoms with Crippen molar-refractivity contribution >= 4 is 5.91 Å². The largest absolute Gasteiger partial charge is 0.343 e. The highest BCUT2D eigenvalue weighted by Crippen LogP contribution is 2.19. The van der Waals surface area contributed by atoms with E-state index in [0.29, 0.717) is 0 Å². The average Bonchev–Trinajstić information content (AvgIpc) is 2.21. The van der Waals surface area contributed by atoms with E-state index in [1.807, 2.05) is 18.7 Å². The number of likely N-dealkylation sites (tertiary alicyclic amines) is 1. The lowest BCUT2D eigenvalue weighted by Crippen LogP contribution is -2.36. The number of nitrogens with zero attached hydrogens (tertiary/aromatic N) is 1. The molecule has 0 unspecified atom stereocenters.